The number of rotatable bonds is 7. The monoisotopic (exact) mass is 512 g/mol. The molecule has 2 aliphatic heterocycles. The molecule has 2 N–H and O–H groups in total. The molecule has 3 aliphatic rings. The third-order valence-corrected chi connectivity index (χ3v) is 7.09. The maximum absolute atomic E-state index is 13.7. The molecule has 0 bridgehead atoms. The molecule has 1 aromatic carbocycles. The van der Waals surface area contributed by atoms with E-state index < -0.39 is 47.7 Å². The third-order valence-electron chi connectivity index (χ3n) is 6.90. The highest BCUT2D eigenvalue weighted by atomic mass is 35.5. The summed E-state index contributed by atoms with van der Waals surface area (Å²) in [5.74, 6) is -3.56. The van der Waals surface area contributed by atoms with Gasteiger partial charge in [-0.25, -0.2) is 13.8 Å². The van der Waals surface area contributed by atoms with Gasteiger partial charge in [0, 0.05) is 19.2 Å². The van der Waals surface area contributed by atoms with Gasteiger partial charge in [-0.2, -0.15) is 0 Å². The van der Waals surface area contributed by atoms with Gasteiger partial charge < -0.3 is 15.0 Å². The van der Waals surface area contributed by atoms with Crippen molar-refractivity contribution in [2.24, 2.45) is 17.8 Å². The van der Waals surface area contributed by atoms with Crippen LogP contribution in [0.15, 0.2) is 24.3 Å². The summed E-state index contributed by atoms with van der Waals surface area (Å²) in [5.41, 5.74) is 0.0196. The molecule has 12 heteroatoms. The van der Waals surface area contributed by atoms with Crippen molar-refractivity contribution in [1.29, 1.82) is 0 Å². The van der Waals surface area contributed by atoms with Crippen molar-refractivity contribution in [3.8, 4) is 5.75 Å². The van der Waals surface area contributed by atoms with E-state index in [1.54, 1.807) is 0 Å². The van der Waals surface area contributed by atoms with Crippen LogP contribution in [0, 0.1) is 23.6 Å². The van der Waals surface area contributed by atoms with Crippen molar-refractivity contribution in [2.75, 3.05) is 26.2 Å². The van der Waals surface area contributed by atoms with Crippen molar-refractivity contribution < 1.29 is 32.7 Å². The first-order valence-corrected chi connectivity index (χ1v) is 12.0. The predicted octanol–water partition coefficient (Wildman–Crippen LogP) is 1.36. The molecule has 4 rings (SSSR count). The maximum atomic E-state index is 13.7. The van der Waals surface area contributed by atoms with Crippen LogP contribution in [0.25, 0.3) is 0 Å². The van der Waals surface area contributed by atoms with E-state index in [2.05, 4.69) is 10.7 Å². The first-order valence-electron chi connectivity index (χ1n) is 11.6. The smallest absolute Gasteiger partial charge is 0.291 e. The summed E-state index contributed by atoms with van der Waals surface area (Å²) in [6.07, 6.45) is 2.90. The molecule has 0 radical (unpaired) electrons. The molecule has 1 unspecified atom stereocenters. The lowest BCUT2D eigenvalue weighted by molar-refractivity contribution is -0.149. The lowest BCUT2D eigenvalue weighted by atomic mass is 9.93. The Labute approximate surface area is 206 Å². The molecule has 0 spiro atoms. The van der Waals surface area contributed by atoms with E-state index in [4.69, 9.17) is 16.3 Å². The standard InChI is InChI=1S/C23H27ClF2N4O5/c24-20(26)23(34)30(11-14-7-8-27-21(14)32)28-22(33)19-17-6-1-3-13(17)10-29(19)18(31)12-35-16-5-2-4-15(25)9-16/h2,4-5,9,13-14,17,19-20H,1,3,6-8,10-12H2,(H,27,32)(H,28,33)/t13-,14-,17-,19-,20?/m0/s1. The Balaban J connectivity index is 1.47. The lowest BCUT2D eigenvalue weighted by Gasteiger charge is -2.31. The van der Waals surface area contributed by atoms with Crippen LogP contribution in [0.5, 0.6) is 5.75 Å². The van der Waals surface area contributed by atoms with Crippen LogP contribution >= 0.6 is 11.6 Å². The van der Waals surface area contributed by atoms with Gasteiger partial charge in [0.05, 0.1) is 12.5 Å². The summed E-state index contributed by atoms with van der Waals surface area (Å²) < 4.78 is 32.5. The van der Waals surface area contributed by atoms with Gasteiger partial charge in [-0.3, -0.25) is 24.6 Å². The number of likely N-dealkylation sites (tertiary alicyclic amines) is 1. The highest BCUT2D eigenvalue weighted by Crippen LogP contribution is 2.42. The molecule has 3 fully saturated rings. The average molecular weight is 513 g/mol. The average Bonchev–Trinajstić information content (AvgIpc) is 3.52. The van der Waals surface area contributed by atoms with Crippen LogP contribution in [0.1, 0.15) is 25.7 Å². The summed E-state index contributed by atoms with van der Waals surface area (Å²) in [6, 6.07) is 4.48. The van der Waals surface area contributed by atoms with Crippen LogP contribution in [0.4, 0.5) is 8.78 Å². The summed E-state index contributed by atoms with van der Waals surface area (Å²) in [6.45, 7) is 0.125. The fraction of sp³-hybridized carbons (Fsp3) is 0.565. The maximum Gasteiger partial charge on any atom is 0.291 e. The lowest BCUT2D eigenvalue weighted by Crippen LogP contribution is -2.57. The SMILES string of the molecule is O=C1NCC[C@H]1CN(NC(=O)[C@@H]1[C@H]2CCC[C@H]2CN1C(=O)COc1cccc(F)c1)C(=O)C(F)Cl. The molecule has 5 atom stereocenters. The molecule has 2 saturated heterocycles. The zero-order chi connectivity index (χ0) is 25.1. The summed E-state index contributed by atoms with van der Waals surface area (Å²) in [4.78, 5) is 52.1. The third kappa shape index (κ3) is 5.66. The van der Waals surface area contributed by atoms with Crippen molar-refractivity contribution in [1.82, 2.24) is 20.7 Å². The Morgan fingerprint density at radius 1 is 1.29 bits per heavy atom. The molecule has 0 aromatic heterocycles. The Morgan fingerprint density at radius 3 is 2.77 bits per heavy atom. The molecular formula is C23H27ClF2N4O5. The fourth-order valence-corrected chi connectivity index (χ4v) is 5.35. The van der Waals surface area contributed by atoms with Crippen LogP contribution in [0.3, 0.4) is 0 Å². The first-order chi connectivity index (χ1) is 16.7. The zero-order valence-electron chi connectivity index (χ0n) is 18.9. The zero-order valence-corrected chi connectivity index (χ0v) is 19.7. The number of fused-ring (bicyclic) bond motifs is 1. The number of nitrogens with zero attached hydrogens (tertiary/aromatic N) is 2. The highest BCUT2D eigenvalue weighted by molar-refractivity contribution is 6.29. The number of benzene rings is 1. The van der Waals surface area contributed by atoms with E-state index in [0.29, 0.717) is 19.5 Å². The van der Waals surface area contributed by atoms with Crippen LogP contribution in [0.2, 0.25) is 0 Å². The molecule has 1 saturated carbocycles. The number of hydrazine groups is 1. The number of carbonyl (C=O) groups excluding carboxylic acids is 4. The number of hydrogen-bond acceptors (Lipinski definition) is 5. The number of hydrogen-bond donors (Lipinski definition) is 2. The number of amides is 4. The Morgan fingerprint density at radius 2 is 2.09 bits per heavy atom. The van der Waals surface area contributed by atoms with E-state index in [-0.39, 0.29) is 30.0 Å². The quantitative estimate of drug-likeness (QED) is 0.424. The number of nitrogens with one attached hydrogen (secondary N) is 2. The number of alkyl halides is 2. The summed E-state index contributed by atoms with van der Waals surface area (Å²) in [7, 11) is 0. The van der Waals surface area contributed by atoms with Gasteiger partial charge in [0.2, 0.25) is 5.91 Å². The molecule has 4 amide bonds. The van der Waals surface area contributed by atoms with E-state index in [0.717, 1.165) is 30.3 Å². The van der Waals surface area contributed by atoms with Gasteiger partial charge in [-0.05, 0) is 43.2 Å². The number of ether oxygens (including phenoxy) is 1. The Bertz CT molecular complexity index is 996. The van der Waals surface area contributed by atoms with E-state index in [1.165, 1.54) is 23.1 Å². The first kappa shape index (κ1) is 25.2. The molecule has 1 aliphatic carbocycles. The summed E-state index contributed by atoms with van der Waals surface area (Å²) >= 11 is 5.35. The van der Waals surface area contributed by atoms with E-state index in [9.17, 15) is 28.0 Å². The molecule has 190 valence electrons. The Hall–Kier alpha value is -2.95. The predicted molar refractivity (Wildman–Crippen MR) is 120 cm³/mol. The van der Waals surface area contributed by atoms with Crippen molar-refractivity contribution in [3.05, 3.63) is 30.1 Å². The van der Waals surface area contributed by atoms with Crippen molar-refractivity contribution >= 4 is 35.2 Å². The minimum atomic E-state index is -2.40. The molecule has 1 aromatic rings. The second-order valence-electron chi connectivity index (χ2n) is 9.09. The Kier molecular flexibility index (Phi) is 7.73. The van der Waals surface area contributed by atoms with Crippen LogP contribution in [-0.2, 0) is 19.2 Å². The van der Waals surface area contributed by atoms with E-state index in [1.807, 2.05) is 0 Å². The second-order valence-corrected chi connectivity index (χ2v) is 9.48. The summed E-state index contributed by atoms with van der Waals surface area (Å²) in [5, 5.41) is 3.37. The molecule has 2 heterocycles. The van der Waals surface area contributed by atoms with Crippen molar-refractivity contribution in [3.63, 3.8) is 0 Å². The number of carbonyl (C=O) groups is 4. The van der Waals surface area contributed by atoms with Crippen LogP contribution < -0.4 is 15.5 Å². The van der Waals surface area contributed by atoms with Gasteiger partial charge in [-0.1, -0.05) is 24.1 Å². The van der Waals surface area contributed by atoms with Gasteiger partial charge in [-0.15, -0.1) is 0 Å². The number of halogens is 3. The molecular weight excluding hydrogens is 486 g/mol. The fourth-order valence-electron chi connectivity index (χ4n) is 5.23. The van der Waals surface area contributed by atoms with Crippen LogP contribution in [-0.4, -0.2) is 71.5 Å². The normalized spacial score (nSPS) is 26.1. The highest BCUT2D eigenvalue weighted by Gasteiger charge is 2.50. The van der Waals surface area contributed by atoms with Crippen molar-refractivity contribution in [2.45, 2.75) is 37.4 Å². The minimum absolute atomic E-state index is 0.107. The molecule has 35 heavy (non-hydrogen) atoms. The van der Waals surface area contributed by atoms with Gasteiger partial charge in [0.15, 0.2) is 6.61 Å². The topological polar surface area (TPSA) is 108 Å². The minimum Gasteiger partial charge on any atom is -0.484 e. The van der Waals surface area contributed by atoms with Gasteiger partial charge >= 0.3 is 0 Å². The van der Waals surface area contributed by atoms with Gasteiger partial charge in [0.25, 0.3) is 23.4 Å². The largest absolute Gasteiger partial charge is 0.484 e. The van der Waals surface area contributed by atoms with E-state index >= 15 is 0 Å². The second kappa shape index (κ2) is 10.8. The molecule has 9 nitrogen and oxygen atoms in total. The van der Waals surface area contributed by atoms with Gasteiger partial charge in [0.1, 0.15) is 17.6 Å².